The molecule has 0 radical (unpaired) electrons. The summed E-state index contributed by atoms with van der Waals surface area (Å²) < 4.78 is 2.33. The van der Waals surface area contributed by atoms with Crippen LogP contribution in [0.15, 0.2) is 115 Å². The summed E-state index contributed by atoms with van der Waals surface area (Å²) in [5.74, 6) is 0.965. The molecule has 0 amide bonds. The highest BCUT2D eigenvalue weighted by Gasteiger charge is 2.18. The van der Waals surface area contributed by atoms with Crippen LogP contribution in [0.4, 0.5) is 0 Å². The fourth-order valence-corrected chi connectivity index (χ4v) is 5.32. The fourth-order valence-electron chi connectivity index (χ4n) is 5.32. The molecule has 36 heavy (non-hydrogen) atoms. The Bertz CT molecular complexity index is 1680. The third-order valence-electron chi connectivity index (χ3n) is 6.84. The molecule has 0 bridgehead atoms. The van der Waals surface area contributed by atoms with Crippen molar-refractivity contribution in [3.8, 4) is 39.3 Å². The minimum Gasteiger partial charge on any atom is -0.292 e. The third-order valence-corrected chi connectivity index (χ3v) is 6.84. The predicted octanol–water partition coefficient (Wildman–Crippen LogP) is 8.95. The van der Waals surface area contributed by atoms with Crippen molar-refractivity contribution in [1.82, 2.24) is 9.55 Å². The molecule has 0 saturated carbocycles. The van der Waals surface area contributed by atoms with E-state index in [9.17, 15) is 0 Å². The molecular weight excluding hydrogens is 436 g/mol. The standard InChI is InChI=1S/C34H28N2/c1-23-19-24(2)33(25(3)20-23)36-32-18-8-7-17-31(32)35-34(36)30-16-10-15-29(22-30)28-14-9-13-27(21-28)26-11-5-4-6-12-26/h4-22H,1-3H3. The van der Waals surface area contributed by atoms with E-state index in [0.29, 0.717) is 0 Å². The van der Waals surface area contributed by atoms with Crippen molar-refractivity contribution in [3.05, 3.63) is 132 Å². The van der Waals surface area contributed by atoms with Gasteiger partial charge in [0.15, 0.2) is 0 Å². The fraction of sp³-hybridized carbons (Fsp3) is 0.0882. The quantitative estimate of drug-likeness (QED) is 0.255. The van der Waals surface area contributed by atoms with Gasteiger partial charge in [0.1, 0.15) is 5.82 Å². The lowest BCUT2D eigenvalue weighted by Gasteiger charge is -2.17. The molecule has 2 nitrogen and oxygen atoms in total. The number of hydrogen-bond donors (Lipinski definition) is 0. The maximum Gasteiger partial charge on any atom is 0.145 e. The molecule has 1 heterocycles. The van der Waals surface area contributed by atoms with Crippen molar-refractivity contribution in [2.45, 2.75) is 20.8 Å². The Labute approximate surface area is 212 Å². The van der Waals surface area contributed by atoms with E-state index < -0.39 is 0 Å². The lowest BCUT2D eigenvalue weighted by molar-refractivity contribution is 1.06. The molecule has 0 spiro atoms. The SMILES string of the molecule is Cc1cc(C)c(-n2c(-c3cccc(-c4cccc(-c5ccccc5)c4)c3)nc3ccccc32)c(C)c1. The minimum absolute atomic E-state index is 0.965. The van der Waals surface area contributed by atoms with Crippen LogP contribution < -0.4 is 0 Å². The molecule has 6 aromatic rings. The summed E-state index contributed by atoms with van der Waals surface area (Å²) in [6, 6.07) is 41.0. The van der Waals surface area contributed by atoms with Gasteiger partial charge in [0.25, 0.3) is 0 Å². The molecule has 0 fully saturated rings. The van der Waals surface area contributed by atoms with Crippen molar-refractivity contribution in [2.75, 3.05) is 0 Å². The largest absolute Gasteiger partial charge is 0.292 e. The Morgan fingerprint density at radius 2 is 1.03 bits per heavy atom. The Morgan fingerprint density at radius 1 is 0.500 bits per heavy atom. The van der Waals surface area contributed by atoms with Crippen molar-refractivity contribution in [2.24, 2.45) is 0 Å². The van der Waals surface area contributed by atoms with E-state index in [4.69, 9.17) is 4.98 Å². The van der Waals surface area contributed by atoms with Gasteiger partial charge in [-0.15, -0.1) is 0 Å². The molecule has 0 N–H and O–H groups in total. The second-order valence-corrected chi connectivity index (χ2v) is 9.53. The summed E-state index contributed by atoms with van der Waals surface area (Å²) in [6.45, 7) is 6.54. The van der Waals surface area contributed by atoms with E-state index in [-0.39, 0.29) is 0 Å². The summed E-state index contributed by atoms with van der Waals surface area (Å²) in [5.41, 5.74) is 13.0. The minimum atomic E-state index is 0.965. The first-order valence-electron chi connectivity index (χ1n) is 12.4. The molecule has 0 aliphatic heterocycles. The van der Waals surface area contributed by atoms with Gasteiger partial charge in [0.05, 0.1) is 16.7 Å². The van der Waals surface area contributed by atoms with Crippen LogP contribution in [0, 0.1) is 20.8 Å². The monoisotopic (exact) mass is 464 g/mol. The highest BCUT2D eigenvalue weighted by atomic mass is 15.1. The number of nitrogens with zero attached hydrogens (tertiary/aromatic N) is 2. The maximum absolute atomic E-state index is 5.13. The molecular formula is C34H28N2. The van der Waals surface area contributed by atoms with Gasteiger partial charge in [-0.3, -0.25) is 4.57 Å². The van der Waals surface area contributed by atoms with Gasteiger partial charge < -0.3 is 0 Å². The number of benzene rings is 5. The van der Waals surface area contributed by atoms with Crippen LogP contribution in [0.5, 0.6) is 0 Å². The summed E-state index contributed by atoms with van der Waals surface area (Å²) >= 11 is 0. The lowest BCUT2D eigenvalue weighted by Crippen LogP contribution is -2.03. The number of aromatic nitrogens is 2. The van der Waals surface area contributed by atoms with E-state index in [0.717, 1.165) is 22.4 Å². The smallest absolute Gasteiger partial charge is 0.145 e. The van der Waals surface area contributed by atoms with Gasteiger partial charge in [-0.05, 0) is 78.4 Å². The van der Waals surface area contributed by atoms with Gasteiger partial charge in [-0.1, -0.05) is 96.6 Å². The normalized spacial score (nSPS) is 11.2. The summed E-state index contributed by atoms with van der Waals surface area (Å²) in [5, 5.41) is 0. The highest BCUT2D eigenvalue weighted by Crippen LogP contribution is 2.34. The number of hydrogen-bond acceptors (Lipinski definition) is 1. The van der Waals surface area contributed by atoms with Crippen LogP contribution in [-0.2, 0) is 0 Å². The second kappa shape index (κ2) is 8.98. The maximum atomic E-state index is 5.13. The van der Waals surface area contributed by atoms with Gasteiger partial charge >= 0.3 is 0 Å². The van der Waals surface area contributed by atoms with Crippen molar-refractivity contribution >= 4 is 11.0 Å². The summed E-state index contributed by atoms with van der Waals surface area (Å²) in [4.78, 5) is 5.13. The summed E-state index contributed by atoms with van der Waals surface area (Å²) in [7, 11) is 0. The van der Waals surface area contributed by atoms with E-state index in [1.807, 2.05) is 0 Å². The first-order valence-corrected chi connectivity index (χ1v) is 12.4. The third kappa shape index (κ3) is 3.91. The molecule has 174 valence electrons. The molecule has 0 atom stereocenters. The average Bonchev–Trinajstić information content (AvgIpc) is 3.28. The zero-order chi connectivity index (χ0) is 24.6. The van der Waals surface area contributed by atoms with Crippen molar-refractivity contribution in [3.63, 3.8) is 0 Å². The van der Waals surface area contributed by atoms with Gasteiger partial charge in [0.2, 0.25) is 0 Å². The molecule has 6 rings (SSSR count). The van der Waals surface area contributed by atoms with Crippen LogP contribution in [0.1, 0.15) is 16.7 Å². The Balaban J connectivity index is 1.53. The predicted molar refractivity (Wildman–Crippen MR) is 152 cm³/mol. The number of para-hydroxylation sites is 2. The first-order chi connectivity index (χ1) is 17.6. The number of aryl methyl sites for hydroxylation is 3. The second-order valence-electron chi connectivity index (χ2n) is 9.53. The Morgan fingerprint density at radius 3 is 1.72 bits per heavy atom. The molecule has 0 unspecified atom stereocenters. The Hall–Kier alpha value is -4.43. The molecule has 0 saturated heterocycles. The van der Waals surface area contributed by atoms with Gasteiger partial charge in [0, 0.05) is 5.56 Å². The topological polar surface area (TPSA) is 17.8 Å². The zero-order valence-electron chi connectivity index (χ0n) is 20.9. The first kappa shape index (κ1) is 22.1. The van der Waals surface area contributed by atoms with Crippen LogP contribution in [0.25, 0.3) is 50.4 Å². The molecule has 2 heteroatoms. The van der Waals surface area contributed by atoms with E-state index in [1.54, 1.807) is 0 Å². The molecule has 0 aliphatic carbocycles. The zero-order valence-corrected chi connectivity index (χ0v) is 20.9. The number of imidazole rings is 1. The lowest BCUT2D eigenvalue weighted by atomic mass is 9.98. The molecule has 5 aromatic carbocycles. The van der Waals surface area contributed by atoms with Crippen LogP contribution in [-0.4, -0.2) is 9.55 Å². The number of fused-ring (bicyclic) bond motifs is 1. The van der Waals surface area contributed by atoms with Crippen LogP contribution in [0.2, 0.25) is 0 Å². The number of rotatable bonds is 4. The van der Waals surface area contributed by atoms with E-state index >= 15 is 0 Å². The molecule has 0 aliphatic rings. The van der Waals surface area contributed by atoms with E-state index in [2.05, 4.69) is 141 Å². The van der Waals surface area contributed by atoms with Gasteiger partial charge in [-0.25, -0.2) is 4.98 Å². The van der Waals surface area contributed by atoms with Crippen LogP contribution >= 0.6 is 0 Å². The van der Waals surface area contributed by atoms with Crippen molar-refractivity contribution in [1.29, 1.82) is 0 Å². The average molecular weight is 465 g/mol. The highest BCUT2D eigenvalue weighted by molar-refractivity contribution is 5.85. The van der Waals surface area contributed by atoms with Crippen molar-refractivity contribution < 1.29 is 0 Å². The summed E-state index contributed by atoms with van der Waals surface area (Å²) in [6.07, 6.45) is 0. The Kier molecular flexibility index (Phi) is 5.50. The van der Waals surface area contributed by atoms with Gasteiger partial charge in [-0.2, -0.15) is 0 Å². The van der Waals surface area contributed by atoms with E-state index in [1.165, 1.54) is 44.6 Å². The molecule has 1 aromatic heterocycles. The van der Waals surface area contributed by atoms with Crippen LogP contribution in [0.3, 0.4) is 0 Å².